The second-order valence-electron chi connectivity index (χ2n) is 5.17. The van der Waals surface area contributed by atoms with Crippen LogP contribution < -0.4 is 0 Å². The Labute approximate surface area is 120 Å². The van der Waals surface area contributed by atoms with Gasteiger partial charge in [0.15, 0.2) is 0 Å². The van der Waals surface area contributed by atoms with Crippen LogP contribution in [0.2, 0.25) is 0 Å². The third-order valence-electron chi connectivity index (χ3n) is 3.77. The third-order valence-corrected chi connectivity index (χ3v) is 4.98. The molecule has 0 N–H and O–H groups in total. The number of hydrogen-bond acceptors (Lipinski definition) is 2. The highest BCUT2D eigenvalue weighted by Gasteiger charge is 2.22. The summed E-state index contributed by atoms with van der Waals surface area (Å²) in [5.41, 5.74) is 0.538. The largest absolute Gasteiger partial charge is 0.272 e. The number of rotatable bonds is 5. The summed E-state index contributed by atoms with van der Waals surface area (Å²) in [5, 5.41) is 10.7. The second-order valence-corrected chi connectivity index (χ2v) is 6.35. The molecule has 0 radical (unpaired) electrons. The highest BCUT2D eigenvalue weighted by Crippen LogP contribution is 2.33. The van der Waals surface area contributed by atoms with Crippen LogP contribution in [-0.4, -0.2) is 9.75 Å². The van der Waals surface area contributed by atoms with Gasteiger partial charge in [0, 0.05) is 10.9 Å². The number of hydrogen-bond donors (Lipinski definition) is 0. The predicted octanol–water partition coefficient (Wildman–Crippen LogP) is 4.62. The molecule has 1 saturated carbocycles. The fourth-order valence-electron chi connectivity index (χ4n) is 2.74. The van der Waals surface area contributed by atoms with Crippen LogP contribution in [0.1, 0.15) is 37.7 Å². The van der Waals surface area contributed by atoms with Crippen LogP contribution in [0, 0.1) is 21.8 Å². The molecule has 0 aromatic heterocycles. The van der Waals surface area contributed by atoms with Crippen molar-refractivity contribution >= 4 is 21.6 Å². The summed E-state index contributed by atoms with van der Waals surface area (Å²) in [6.45, 7) is 0. The van der Waals surface area contributed by atoms with E-state index >= 15 is 0 Å². The molecule has 1 unspecified atom stereocenters. The van der Waals surface area contributed by atoms with Crippen molar-refractivity contribution in [1.29, 1.82) is 0 Å². The van der Waals surface area contributed by atoms with Crippen molar-refractivity contribution in [2.24, 2.45) is 5.92 Å². The number of nitrogens with zero attached hydrogens (tertiary/aromatic N) is 1. The Balaban J connectivity index is 1.96. The summed E-state index contributed by atoms with van der Waals surface area (Å²) in [4.78, 5) is 10.6. The highest BCUT2D eigenvalue weighted by molar-refractivity contribution is 9.09. The number of non-ortho nitro benzene ring substituents is 1. The lowest BCUT2D eigenvalue weighted by molar-refractivity contribution is -0.385. The molecule has 1 aromatic rings. The summed E-state index contributed by atoms with van der Waals surface area (Å²) in [5.74, 6) is 0.166. The molecule has 3 nitrogen and oxygen atoms in total. The summed E-state index contributed by atoms with van der Waals surface area (Å²) in [6.07, 6.45) is 6.64. The molecule has 0 bridgehead atoms. The van der Waals surface area contributed by atoms with E-state index in [0.717, 1.165) is 12.5 Å². The molecule has 104 valence electrons. The standard InChI is InChI=1S/C14H17BrFNO2/c15-14(11-3-1-2-4-11)6-5-10-7-12(16)9-13(8-10)17(18)19/h7-9,11,14H,1-6H2. The number of nitro groups is 1. The Morgan fingerprint density at radius 2 is 2.05 bits per heavy atom. The zero-order valence-electron chi connectivity index (χ0n) is 10.6. The molecule has 1 aliphatic rings. The summed E-state index contributed by atoms with van der Waals surface area (Å²) in [7, 11) is 0. The van der Waals surface area contributed by atoms with E-state index in [1.54, 1.807) is 0 Å². The lowest BCUT2D eigenvalue weighted by Crippen LogP contribution is -2.11. The Morgan fingerprint density at radius 3 is 2.68 bits per heavy atom. The number of halogens is 2. The molecule has 0 aliphatic heterocycles. The first-order chi connectivity index (χ1) is 9.06. The molecule has 0 spiro atoms. The monoisotopic (exact) mass is 329 g/mol. The van der Waals surface area contributed by atoms with Crippen LogP contribution in [0.15, 0.2) is 18.2 Å². The van der Waals surface area contributed by atoms with Gasteiger partial charge in [0.2, 0.25) is 0 Å². The molecular weight excluding hydrogens is 313 g/mol. The fraction of sp³-hybridized carbons (Fsp3) is 0.571. The van der Waals surface area contributed by atoms with Gasteiger partial charge in [-0.05, 0) is 43.2 Å². The van der Waals surface area contributed by atoms with Crippen LogP contribution in [-0.2, 0) is 6.42 Å². The maximum atomic E-state index is 13.3. The van der Waals surface area contributed by atoms with E-state index in [0.29, 0.717) is 22.7 Å². The van der Waals surface area contributed by atoms with Gasteiger partial charge in [0.25, 0.3) is 5.69 Å². The van der Waals surface area contributed by atoms with E-state index in [1.807, 2.05) is 0 Å². The van der Waals surface area contributed by atoms with Crippen LogP contribution in [0.3, 0.4) is 0 Å². The molecule has 0 saturated heterocycles. The lowest BCUT2D eigenvalue weighted by Gasteiger charge is -2.16. The van der Waals surface area contributed by atoms with E-state index < -0.39 is 10.7 Å². The quantitative estimate of drug-likeness (QED) is 0.449. The van der Waals surface area contributed by atoms with Crippen molar-refractivity contribution in [3.8, 4) is 0 Å². The molecule has 1 atom stereocenters. The highest BCUT2D eigenvalue weighted by atomic mass is 79.9. The lowest BCUT2D eigenvalue weighted by atomic mass is 9.98. The average molecular weight is 330 g/mol. The molecule has 19 heavy (non-hydrogen) atoms. The third kappa shape index (κ3) is 4.00. The van der Waals surface area contributed by atoms with E-state index in [2.05, 4.69) is 15.9 Å². The number of benzene rings is 1. The first-order valence-electron chi connectivity index (χ1n) is 6.64. The van der Waals surface area contributed by atoms with Crippen molar-refractivity contribution in [3.05, 3.63) is 39.7 Å². The van der Waals surface area contributed by atoms with Crippen molar-refractivity contribution in [2.75, 3.05) is 0 Å². The molecule has 0 amide bonds. The first kappa shape index (κ1) is 14.4. The van der Waals surface area contributed by atoms with Crippen LogP contribution in [0.4, 0.5) is 10.1 Å². The second kappa shape index (κ2) is 6.46. The molecular formula is C14H17BrFNO2. The maximum absolute atomic E-state index is 13.3. The van der Waals surface area contributed by atoms with Crippen molar-refractivity contribution in [3.63, 3.8) is 0 Å². The molecule has 1 fully saturated rings. The molecule has 2 rings (SSSR count). The van der Waals surface area contributed by atoms with Crippen molar-refractivity contribution < 1.29 is 9.31 Å². The van der Waals surface area contributed by atoms with Crippen molar-refractivity contribution in [1.82, 2.24) is 0 Å². The Hall–Kier alpha value is -0.970. The fourth-order valence-corrected chi connectivity index (χ4v) is 3.50. The SMILES string of the molecule is O=[N+]([O-])c1cc(F)cc(CCC(Br)C2CCCC2)c1. The normalized spacial score (nSPS) is 17.6. The van der Waals surface area contributed by atoms with Gasteiger partial charge in [-0.2, -0.15) is 0 Å². The van der Waals surface area contributed by atoms with Gasteiger partial charge < -0.3 is 0 Å². The van der Waals surface area contributed by atoms with Gasteiger partial charge >= 0.3 is 0 Å². The zero-order valence-corrected chi connectivity index (χ0v) is 12.2. The topological polar surface area (TPSA) is 43.1 Å². The Bertz CT molecular complexity index is 461. The maximum Gasteiger partial charge on any atom is 0.272 e. The van der Waals surface area contributed by atoms with Gasteiger partial charge in [-0.1, -0.05) is 28.8 Å². The summed E-state index contributed by atoms with van der Waals surface area (Å²) < 4.78 is 13.3. The Morgan fingerprint density at radius 1 is 1.37 bits per heavy atom. The van der Waals surface area contributed by atoms with E-state index in [1.165, 1.54) is 37.8 Å². The minimum absolute atomic E-state index is 0.165. The van der Waals surface area contributed by atoms with E-state index in [-0.39, 0.29) is 5.69 Å². The molecule has 1 aromatic carbocycles. The van der Waals surface area contributed by atoms with Crippen LogP contribution in [0.5, 0.6) is 0 Å². The predicted molar refractivity (Wildman–Crippen MR) is 76.0 cm³/mol. The smallest absolute Gasteiger partial charge is 0.258 e. The Kier molecular flexibility index (Phi) is 4.91. The van der Waals surface area contributed by atoms with Crippen molar-refractivity contribution in [2.45, 2.75) is 43.4 Å². The van der Waals surface area contributed by atoms with E-state index in [4.69, 9.17) is 0 Å². The number of aryl methyl sites for hydroxylation is 1. The molecule has 5 heteroatoms. The van der Waals surface area contributed by atoms with Gasteiger partial charge in [0.05, 0.1) is 11.0 Å². The zero-order chi connectivity index (χ0) is 13.8. The van der Waals surface area contributed by atoms with E-state index in [9.17, 15) is 14.5 Å². The number of alkyl halides is 1. The van der Waals surface area contributed by atoms with Crippen LogP contribution >= 0.6 is 15.9 Å². The van der Waals surface area contributed by atoms with Gasteiger partial charge in [-0.15, -0.1) is 0 Å². The van der Waals surface area contributed by atoms with Crippen LogP contribution in [0.25, 0.3) is 0 Å². The number of nitro benzene ring substituents is 1. The van der Waals surface area contributed by atoms with Gasteiger partial charge in [-0.25, -0.2) is 4.39 Å². The average Bonchev–Trinajstić information content (AvgIpc) is 2.89. The molecule has 1 aliphatic carbocycles. The first-order valence-corrected chi connectivity index (χ1v) is 7.56. The molecule has 0 heterocycles. The summed E-state index contributed by atoms with van der Waals surface area (Å²) in [6, 6.07) is 3.82. The van der Waals surface area contributed by atoms with Gasteiger partial charge in [0.1, 0.15) is 5.82 Å². The van der Waals surface area contributed by atoms with Gasteiger partial charge in [-0.3, -0.25) is 10.1 Å². The summed E-state index contributed by atoms with van der Waals surface area (Å²) >= 11 is 3.70. The minimum Gasteiger partial charge on any atom is -0.258 e. The minimum atomic E-state index is -0.546.